The molecule has 2 atom stereocenters. The van der Waals surface area contributed by atoms with Crippen LogP contribution in [-0.2, 0) is 36.3 Å². The van der Waals surface area contributed by atoms with E-state index in [4.69, 9.17) is 37.7 Å². The molecule has 14 heteroatoms. The number of nitrogens with zero attached hydrogens (tertiary/aromatic N) is 3. The highest BCUT2D eigenvalue weighted by atomic mass is 31.2. The normalized spacial score (nSPS) is 32.9. The molecule has 3 aliphatic rings. The van der Waals surface area contributed by atoms with E-state index in [0.29, 0.717) is 70.3 Å². The lowest BCUT2D eigenvalue weighted by atomic mass is 9.63. The zero-order valence-electron chi connectivity index (χ0n) is 24.0. The minimum absolute atomic E-state index is 0.0445. The van der Waals surface area contributed by atoms with E-state index in [-0.39, 0.29) is 32.2 Å². The Hall–Kier alpha value is -0.880. The Bertz CT molecular complexity index is 961. The summed E-state index contributed by atoms with van der Waals surface area (Å²) < 4.78 is 58.7. The van der Waals surface area contributed by atoms with Gasteiger partial charge in [0.05, 0.1) is 57.0 Å². The SMILES string of the molecule is CCCOP(=O)(OC)OC1CCC2(CC1)CC(C)CC1(CCC(OP(=O)(OCCC#N)OCCC#N)CC1)N2O. The molecule has 2 saturated carbocycles. The second-order valence-corrected chi connectivity index (χ2v) is 14.6. The van der Waals surface area contributed by atoms with E-state index < -0.39 is 32.8 Å². The van der Waals surface area contributed by atoms with Gasteiger partial charge in [-0.1, -0.05) is 13.8 Å². The van der Waals surface area contributed by atoms with Gasteiger partial charge < -0.3 is 5.21 Å². The van der Waals surface area contributed by atoms with Crippen molar-refractivity contribution in [1.29, 1.82) is 10.5 Å². The zero-order chi connectivity index (χ0) is 29.3. The van der Waals surface area contributed by atoms with Gasteiger partial charge in [0.15, 0.2) is 0 Å². The first-order chi connectivity index (χ1) is 19.1. The molecule has 0 amide bonds. The Labute approximate surface area is 238 Å². The summed E-state index contributed by atoms with van der Waals surface area (Å²) >= 11 is 0. The summed E-state index contributed by atoms with van der Waals surface area (Å²) in [7, 11) is -6.20. The summed E-state index contributed by atoms with van der Waals surface area (Å²) in [5.74, 6) is 0.394. The fourth-order valence-electron chi connectivity index (χ4n) is 6.54. The molecule has 0 radical (unpaired) electrons. The molecule has 12 nitrogen and oxygen atoms in total. The predicted molar refractivity (Wildman–Crippen MR) is 145 cm³/mol. The molecule has 0 aromatic rings. The second-order valence-electron chi connectivity index (χ2n) is 11.3. The monoisotopic (exact) mass is 605 g/mol. The van der Waals surface area contributed by atoms with E-state index >= 15 is 0 Å². The van der Waals surface area contributed by atoms with Crippen molar-refractivity contribution in [3.63, 3.8) is 0 Å². The number of phosphoric ester groups is 2. The van der Waals surface area contributed by atoms with Crippen molar-refractivity contribution in [1.82, 2.24) is 5.06 Å². The zero-order valence-corrected chi connectivity index (χ0v) is 25.8. The van der Waals surface area contributed by atoms with Crippen LogP contribution in [0.1, 0.15) is 97.3 Å². The van der Waals surface area contributed by atoms with Crippen LogP contribution in [-0.4, -0.2) is 60.5 Å². The van der Waals surface area contributed by atoms with E-state index in [1.807, 2.05) is 19.1 Å². The maximum atomic E-state index is 13.2. The van der Waals surface area contributed by atoms with E-state index in [2.05, 4.69) is 6.92 Å². The van der Waals surface area contributed by atoms with E-state index in [9.17, 15) is 14.3 Å². The van der Waals surface area contributed by atoms with Crippen LogP contribution in [0.15, 0.2) is 0 Å². The third-order valence-electron chi connectivity index (χ3n) is 8.24. The largest absolute Gasteiger partial charge is 0.475 e. The molecule has 2 spiro atoms. The van der Waals surface area contributed by atoms with Gasteiger partial charge in [-0.3, -0.25) is 27.1 Å². The van der Waals surface area contributed by atoms with E-state index in [0.717, 1.165) is 12.8 Å². The van der Waals surface area contributed by atoms with Crippen molar-refractivity contribution in [3.8, 4) is 12.1 Å². The smallest absolute Gasteiger partial charge is 0.313 e. The molecule has 0 aromatic carbocycles. The van der Waals surface area contributed by atoms with Gasteiger partial charge >= 0.3 is 15.6 Å². The van der Waals surface area contributed by atoms with Gasteiger partial charge in [-0.2, -0.15) is 15.6 Å². The Morgan fingerprint density at radius 2 is 1.25 bits per heavy atom. The van der Waals surface area contributed by atoms with Crippen LogP contribution in [0.2, 0.25) is 0 Å². The summed E-state index contributed by atoms with van der Waals surface area (Å²) in [6.45, 7) is 4.27. The summed E-state index contributed by atoms with van der Waals surface area (Å²) in [6.07, 6.45) is 6.94. The lowest BCUT2D eigenvalue weighted by Gasteiger charge is -2.60. The maximum Gasteiger partial charge on any atom is 0.475 e. The molecule has 1 aliphatic heterocycles. The number of hydrogen-bond acceptors (Lipinski definition) is 12. The molecule has 1 heterocycles. The van der Waals surface area contributed by atoms with Gasteiger partial charge in [-0.25, -0.2) is 9.13 Å². The Morgan fingerprint density at radius 1 is 0.825 bits per heavy atom. The number of phosphoric acid groups is 2. The fraction of sp³-hybridized carbons (Fsp3) is 0.923. The van der Waals surface area contributed by atoms with Gasteiger partial charge in [0.1, 0.15) is 0 Å². The highest BCUT2D eigenvalue weighted by Crippen LogP contribution is 2.57. The lowest BCUT2D eigenvalue weighted by molar-refractivity contribution is -0.289. The van der Waals surface area contributed by atoms with Crippen LogP contribution in [0.25, 0.3) is 0 Å². The molecule has 228 valence electrons. The van der Waals surface area contributed by atoms with Crippen molar-refractivity contribution < 1.29 is 41.5 Å². The lowest BCUT2D eigenvalue weighted by Crippen LogP contribution is -2.66. The average molecular weight is 606 g/mol. The van der Waals surface area contributed by atoms with Crippen LogP contribution in [0.3, 0.4) is 0 Å². The fourth-order valence-corrected chi connectivity index (χ4v) is 9.18. The number of hydrogen-bond donors (Lipinski definition) is 1. The number of nitriles is 2. The van der Waals surface area contributed by atoms with Crippen molar-refractivity contribution in [2.24, 2.45) is 5.92 Å². The minimum atomic E-state index is -3.93. The van der Waals surface area contributed by atoms with Gasteiger partial charge in [-0.15, -0.1) is 0 Å². The van der Waals surface area contributed by atoms with Crippen LogP contribution in [0, 0.1) is 28.6 Å². The maximum absolute atomic E-state index is 13.2. The van der Waals surface area contributed by atoms with Gasteiger partial charge in [0.25, 0.3) is 0 Å². The molecule has 0 aromatic heterocycles. The molecule has 3 rings (SSSR count). The third-order valence-corrected chi connectivity index (χ3v) is 11.3. The van der Waals surface area contributed by atoms with Gasteiger partial charge in [0.2, 0.25) is 0 Å². The Balaban J connectivity index is 1.61. The molecule has 40 heavy (non-hydrogen) atoms. The molecule has 2 aliphatic carbocycles. The van der Waals surface area contributed by atoms with E-state index in [1.165, 1.54) is 7.11 Å². The van der Waals surface area contributed by atoms with E-state index in [1.54, 1.807) is 5.06 Å². The topological polar surface area (TPSA) is 161 Å². The first kappa shape index (κ1) is 33.6. The third kappa shape index (κ3) is 8.58. The molecule has 3 fully saturated rings. The summed E-state index contributed by atoms with van der Waals surface area (Å²) in [4.78, 5) is 0. The Morgan fingerprint density at radius 3 is 1.65 bits per heavy atom. The molecular weight excluding hydrogens is 560 g/mol. The first-order valence-electron chi connectivity index (χ1n) is 14.4. The minimum Gasteiger partial charge on any atom is -0.313 e. The van der Waals surface area contributed by atoms with Crippen molar-refractivity contribution in [2.45, 2.75) is 121 Å². The quantitative estimate of drug-likeness (QED) is 0.166. The Kier molecular flexibility index (Phi) is 12.6. The van der Waals surface area contributed by atoms with Gasteiger partial charge in [-0.05, 0) is 76.5 Å². The average Bonchev–Trinajstić information content (AvgIpc) is 2.93. The molecule has 1 saturated heterocycles. The molecular formula is C26H45N3O9P2. The van der Waals surface area contributed by atoms with Crippen LogP contribution < -0.4 is 0 Å². The molecule has 0 bridgehead atoms. The van der Waals surface area contributed by atoms with Crippen LogP contribution in [0.5, 0.6) is 0 Å². The van der Waals surface area contributed by atoms with Crippen LogP contribution in [0.4, 0.5) is 0 Å². The van der Waals surface area contributed by atoms with Crippen molar-refractivity contribution in [3.05, 3.63) is 0 Å². The summed E-state index contributed by atoms with van der Waals surface area (Å²) in [5, 5.41) is 30.9. The van der Waals surface area contributed by atoms with Crippen molar-refractivity contribution in [2.75, 3.05) is 26.9 Å². The van der Waals surface area contributed by atoms with Crippen molar-refractivity contribution >= 4 is 15.6 Å². The standard InChI is InChI=1S/C26H45N3O9P2/c1-4-17-34-39(31,33-3)37-23-7-11-25(12-8-23)20-22(2)21-26(29(25)30)13-9-24(10-14-26)38-40(32,35-18-5-15-27)36-19-6-16-28/h22-24,30H,4-14,17-21H2,1-3H3. The highest BCUT2D eigenvalue weighted by Gasteiger charge is 2.56. The second kappa shape index (κ2) is 15.0. The summed E-state index contributed by atoms with van der Waals surface area (Å²) in [5.41, 5.74) is -0.826. The summed E-state index contributed by atoms with van der Waals surface area (Å²) in [6, 6.07) is 3.87. The highest BCUT2D eigenvalue weighted by molar-refractivity contribution is 7.48. The number of hydroxylamine groups is 2. The molecule has 1 N–H and O–H groups in total. The number of piperidine rings is 1. The van der Waals surface area contributed by atoms with Gasteiger partial charge in [0, 0.05) is 18.2 Å². The number of rotatable bonds is 14. The molecule has 2 unspecified atom stereocenters. The first-order valence-corrected chi connectivity index (χ1v) is 17.3. The predicted octanol–water partition coefficient (Wildman–Crippen LogP) is 6.65. The van der Waals surface area contributed by atoms with Crippen LogP contribution >= 0.6 is 15.6 Å².